The summed E-state index contributed by atoms with van der Waals surface area (Å²) in [5.74, 6) is -0.944. The Labute approximate surface area is 189 Å². The average Bonchev–Trinajstić information content (AvgIpc) is 3.16. The zero-order chi connectivity index (χ0) is 24.6. The summed E-state index contributed by atoms with van der Waals surface area (Å²) in [5, 5.41) is 4.74. The van der Waals surface area contributed by atoms with Crippen LogP contribution in [0.4, 0.5) is 13.2 Å². The van der Waals surface area contributed by atoms with Crippen LogP contribution in [-0.4, -0.2) is 43.0 Å². The van der Waals surface area contributed by atoms with Gasteiger partial charge in [-0.1, -0.05) is 25.7 Å². The minimum Gasteiger partial charge on any atom is -0.370 e. The van der Waals surface area contributed by atoms with E-state index in [9.17, 15) is 26.4 Å². The van der Waals surface area contributed by atoms with E-state index in [2.05, 4.69) is 28.9 Å². The van der Waals surface area contributed by atoms with Crippen LogP contribution in [0.3, 0.4) is 0 Å². The fourth-order valence-corrected chi connectivity index (χ4v) is 4.17. The predicted molar refractivity (Wildman–Crippen MR) is 120 cm³/mol. The van der Waals surface area contributed by atoms with Crippen LogP contribution in [0.2, 0.25) is 25.7 Å². The van der Waals surface area contributed by atoms with Crippen molar-refractivity contribution in [1.82, 2.24) is 14.3 Å². The first-order chi connectivity index (χ1) is 15.2. The maximum absolute atomic E-state index is 12.7. The number of pyridine rings is 1. The monoisotopic (exact) mass is 503 g/mol. The average molecular weight is 504 g/mol. The quantitative estimate of drug-likeness (QED) is 0.200. The van der Waals surface area contributed by atoms with Gasteiger partial charge in [0.15, 0.2) is 0 Å². The van der Waals surface area contributed by atoms with E-state index in [-0.39, 0.29) is 6.73 Å². The van der Waals surface area contributed by atoms with Crippen molar-refractivity contribution >= 4 is 29.1 Å². The summed E-state index contributed by atoms with van der Waals surface area (Å²) in [4.78, 5) is 12.3. The number of aromatic nitrogens is 3. The fourth-order valence-electron chi connectivity index (χ4n) is 2.96. The molecule has 2 aromatic heterocycles. The molecule has 3 aromatic rings. The summed E-state index contributed by atoms with van der Waals surface area (Å²) in [6.45, 7) is 7.69. The Bertz CT molecular complexity index is 1330. The molecule has 0 aliphatic heterocycles. The Morgan fingerprint density at radius 3 is 2.45 bits per heavy atom. The number of rotatable bonds is 8. The highest BCUT2D eigenvalue weighted by atomic mass is 32.2. The third-order valence-electron chi connectivity index (χ3n) is 4.83. The number of alkyl halides is 3. The van der Waals surface area contributed by atoms with E-state index in [1.54, 1.807) is 35.1 Å². The molecule has 1 aromatic carbocycles. The Kier molecular flexibility index (Phi) is 6.78. The first kappa shape index (κ1) is 25.0. The molecule has 0 aliphatic carbocycles. The second kappa shape index (κ2) is 8.95. The van der Waals surface area contributed by atoms with Gasteiger partial charge in [-0.15, -0.1) is 0 Å². The van der Waals surface area contributed by atoms with Crippen molar-refractivity contribution in [2.45, 2.75) is 37.9 Å². The van der Waals surface area contributed by atoms with Crippen LogP contribution in [-0.2, 0) is 28.6 Å². The lowest BCUT2D eigenvalue weighted by molar-refractivity contribution is -0.0500. The minimum atomic E-state index is -5.98. The lowest BCUT2D eigenvalue weighted by Gasteiger charge is -2.15. The Balaban J connectivity index is 1.87. The molecule has 0 saturated carbocycles. The van der Waals surface area contributed by atoms with Crippen LogP contribution in [0.1, 0.15) is 0 Å². The van der Waals surface area contributed by atoms with Crippen molar-refractivity contribution in [3.63, 3.8) is 0 Å². The lowest BCUT2D eigenvalue weighted by Crippen LogP contribution is -2.31. The number of ether oxygens (including phenoxy) is 1. The van der Waals surface area contributed by atoms with E-state index >= 15 is 0 Å². The third kappa shape index (κ3) is 5.84. The van der Waals surface area contributed by atoms with E-state index in [0.29, 0.717) is 28.8 Å². The molecule has 0 saturated heterocycles. The molecule has 0 radical (unpaired) electrons. The van der Waals surface area contributed by atoms with Gasteiger partial charge in [0.05, 0.1) is 11.2 Å². The SMILES string of the molecule is Cn1c(=O)c(OS(=O)(=O)C(F)(F)F)cc2cc(-c3ccn(COCC[Si](C)(C)C)n3)ccc21. The molecule has 2 heterocycles. The van der Waals surface area contributed by atoms with Gasteiger partial charge in [0.25, 0.3) is 5.56 Å². The molecule has 0 spiro atoms. The fraction of sp³-hybridized carbons (Fsp3) is 0.400. The maximum atomic E-state index is 12.7. The number of nitrogens with zero attached hydrogens (tertiary/aromatic N) is 3. The zero-order valence-electron chi connectivity index (χ0n) is 18.5. The highest BCUT2D eigenvalue weighted by Gasteiger charge is 2.49. The van der Waals surface area contributed by atoms with Crippen LogP contribution >= 0.6 is 0 Å². The summed E-state index contributed by atoms with van der Waals surface area (Å²) in [5.41, 5.74) is -5.09. The van der Waals surface area contributed by atoms with Crippen molar-refractivity contribution in [1.29, 1.82) is 0 Å². The summed E-state index contributed by atoms with van der Waals surface area (Å²) in [6, 6.07) is 8.63. The predicted octanol–water partition coefficient (Wildman–Crippen LogP) is 3.94. The molecule has 0 unspecified atom stereocenters. The topological polar surface area (TPSA) is 92.4 Å². The maximum Gasteiger partial charge on any atom is 0.534 e. The molecule has 0 N–H and O–H groups in total. The number of fused-ring (bicyclic) bond motifs is 1. The Morgan fingerprint density at radius 2 is 1.82 bits per heavy atom. The number of hydrogen-bond acceptors (Lipinski definition) is 6. The summed E-state index contributed by atoms with van der Waals surface area (Å²) >= 11 is 0. The zero-order valence-corrected chi connectivity index (χ0v) is 20.3. The summed E-state index contributed by atoms with van der Waals surface area (Å²) < 4.78 is 73.2. The first-order valence-electron chi connectivity index (χ1n) is 9.94. The molecule has 0 atom stereocenters. The number of hydrogen-bond donors (Lipinski definition) is 0. The number of halogens is 3. The van der Waals surface area contributed by atoms with E-state index in [4.69, 9.17) is 4.74 Å². The van der Waals surface area contributed by atoms with Crippen molar-refractivity contribution in [3.05, 3.63) is 46.9 Å². The molecule has 13 heteroatoms. The Morgan fingerprint density at radius 1 is 1.12 bits per heavy atom. The highest BCUT2D eigenvalue weighted by Crippen LogP contribution is 2.28. The minimum absolute atomic E-state index is 0.278. The molecule has 8 nitrogen and oxygen atoms in total. The Hall–Kier alpha value is -2.64. The molecular weight excluding hydrogens is 479 g/mol. The van der Waals surface area contributed by atoms with Crippen LogP contribution in [0.25, 0.3) is 22.2 Å². The van der Waals surface area contributed by atoms with Gasteiger partial charge in [-0.2, -0.15) is 26.7 Å². The highest BCUT2D eigenvalue weighted by molar-refractivity contribution is 7.88. The van der Waals surface area contributed by atoms with Crippen LogP contribution in [0.15, 0.2) is 41.3 Å². The molecule has 33 heavy (non-hydrogen) atoms. The second-order valence-electron chi connectivity index (χ2n) is 8.72. The van der Waals surface area contributed by atoms with Crippen molar-refractivity contribution < 1.29 is 30.5 Å². The van der Waals surface area contributed by atoms with Gasteiger partial charge in [0.1, 0.15) is 6.73 Å². The van der Waals surface area contributed by atoms with Gasteiger partial charge in [-0.05, 0) is 30.3 Å². The van der Waals surface area contributed by atoms with Crippen LogP contribution < -0.4 is 9.74 Å². The van der Waals surface area contributed by atoms with E-state index in [1.807, 2.05) is 0 Å². The second-order valence-corrected chi connectivity index (χ2v) is 15.9. The van der Waals surface area contributed by atoms with Crippen molar-refractivity contribution in [2.75, 3.05) is 6.61 Å². The first-order valence-corrected chi connectivity index (χ1v) is 15.1. The third-order valence-corrected chi connectivity index (χ3v) is 7.50. The molecule has 180 valence electrons. The van der Waals surface area contributed by atoms with Crippen molar-refractivity contribution in [2.24, 2.45) is 7.05 Å². The van der Waals surface area contributed by atoms with Gasteiger partial charge in [-0.3, -0.25) is 4.79 Å². The van der Waals surface area contributed by atoms with Gasteiger partial charge in [0, 0.05) is 38.9 Å². The van der Waals surface area contributed by atoms with Gasteiger partial charge < -0.3 is 13.5 Å². The lowest BCUT2D eigenvalue weighted by atomic mass is 10.1. The molecule has 3 rings (SSSR count). The summed E-state index contributed by atoms with van der Waals surface area (Å²) in [6.07, 6.45) is 1.74. The van der Waals surface area contributed by atoms with Crippen LogP contribution in [0, 0.1) is 0 Å². The van der Waals surface area contributed by atoms with Gasteiger partial charge in [0.2, 0.25) is 5.75 Å². The van der Waals surface area contributed by atoms with Gasteiger partial charge >= 0.3 is 15.6 Å². The standard InChI is InChI=1S/C20H24F3N3O5SSi/c1-25-17-6-5-14(16-7-8-26(24-16)13-30-9-10-33(2,3)4)11-15(17)12-18(19(25)27)31-32(28,29)20(21,22)23/h5-8,11-12H,9-10,13H2,1-4H3. The molecular formula is C20H24F3N3O5SSi. The largest absolute Gasteiger partial charge is 0.534 e. The van der Waals surface area contributed by atoms with Crippen LogP contribution in [0.5, 0.6) is 5.75 Å². The summed E-state index contributed by atoms with van der Waals surface area (Å²) in [7, 11) is -5.87. The van der Waals surface area contributed by atoms with E-state index in [0.717, 1.165) is 16.7 Å². The normalized spacial score (nSPS) is 12.9. The molecule has 0 fully saturated rings. The van der Waals surface area contributed by atoms with Crippen molar-refractivity contribution in [3.8, 4) is 17.0 Å². The molecule has 0 bridgehead atoms. The van der Waals surface area contributed by atoms with E-state index in [1.165, 1.54) is 7.05 Å². The molecule has 0 amide bonds. The molecule has 0 aliphatic rings. The number of benzene rings is 1. The van der Waals surface area contributed by atoms with E-state index < -0.39 is 35.0 Å². The van der Waals surface area contributed by atoms with Gasteiger partial charge in [-0.25, -0.2) is 4.68 Å². The smallest absolute Gasteiger partial charge is 0.370 e. The number of aryl methyl sites for hydroxylation is 1.